The van der Waals surface area contributed by atoms with Crippen molar-refractivity contribution < 1.29 is 4.39 Å². The minimum Gasteiger partial charge on any atom is -0.352 e. The van der Waals surface area contributed by atoms with Crippen LogP contribution in [0.15, 0.2) is 44.5 Å². The van der Waals surface area contributed by atoms with Gasteiger partial charge in [0.2, 0.25) is 0 Å². The van der Waals surface area contributed by atoms with Gasteiger partial charge in [-0.2, -0.15) is 11.3 Å². The Hall–Kier alpha value is -0.670. The van der Waals surface area contributed by atoms with E-state index in [-0.39, 0.29) is 29.8 Å². The van der Waals surface area contributed by atoms with Gasteiger partial charge in [0.25, 0.3) is 0 Å². The first-order valence-corrected chi connectivity index (χ1v) is 7.81. The van der Waals surface area contributed by atoms with Crippen LogP contribution in [0.2, 0.25) is 0 Å². The molecule has 0 amide bonds. The van der Waals surface area contributed by atoms with Crippen molar-refractivity contribution in [2.24, 2.45) is 4.99 Å². The molecule has 0 saturated heterocycles. The van der Waals surface area contributed by atoms with Gasteiger partial charge < -0.3 is 10.6 Å². The third-order valence-corrected chi connectivity index (χ3v) is 3.84. The summed E-state index contributed by atoms with van der Waals surface area (Å²) < 4.78 is 14.0. The second-order valence-electron chi connectivity index (χ2n) is 4.19. The van der Waals surface area contributed by atoms with Crippen molar-refractivity contribution in [2.45, 2.75) is 13.1 Å². The Morgan fingerprint density at radius 1 is 1.24 bits per heavy atom. The fraction of sp³-hybridized carbons (Fsp3) is 0.214. The van der Waals surface area contributed by atoms with E-state index in [9.17, 15) is 4.39 Å². The van der Waals surface area contributed by atoms with Gasteiger partial charge in [0.1, 0.15) is 5.82 Å². The molecule has 0 aliphatic carbocycles. The molecule has 0 fully saturated rings. The molecule has 1 aromatic carbocycles. The number of thiophene rings is 1. The summed E-state index contributed by atoms with van der Waals surface area (Å²) in [6.07, 6.45) is 0. The number of hydrogen-bond acceptors (Lipinski definition) is 2. The third-order valence-electron chi connectivity index (χ3n) is 2.65. The zero-order valence-electron chi connectivity index (χ0n) is 11.4. The quantitative estimate of drug-likeness (QED) is 0.389. The molecule has 0 unspecified atom stereocenters. The van der Waals surface area contributed by atoms with Gasteiger partial charge >= 0.3 is 0 Å². The lowest BCUT2D eigenvalue weighted by Gasteiger charge is -2.11. The third kappa shape index (κ3) is 6.31. The average molecular weight is 484 g/mol. The van der Waals surface area contributed by atoms with E-state index in [1.54, 1.807) is 18.4 Å². The minimum atomic E-state index is -0.252. The van der Waals surface area contributed by atoms with Crippen molar-refractivity contribution in [3.63, 3.8) is 0 Å². The smallest absolute Gasteiger partial charge is 0.191 e. The topological polar surface area (TPSA) is 36.4 Å². The summed E-state index contributed by atoms with van der Waals surface area (Å²) >= 11 is 4.95. The standard InChI is InChI=1S/C14H15BrFN3S.HI/c1-17-14(18-7-10-2-3-20-9-10)19-8-11-4-12(15)6-13(16)5-11;/h2-6,9H,7-8H2,1H3,(H2,17,18,19);1H. The fourth-order valence-corrected chi connectivity index (χ4v) is 2.88. The lowest BCUT2D eigenvalue weighted by molar-refractivity contribution is 0.623. The Morgan fingerprint density at radius 2 is 1.95 bits per heavy atom. The van der Waals surface area contributed by atoms with Crippen LogP contribution in [0, 0.1) is 5.82 Å². The van der Waals surface area contributed by atoms with Crippen LogP contribution >= 0.6 is 51.2 Å². The summed E-state index contributed by atoms with van der Waals surface area (Å²) in [6, 6.07) is 6.88. The Bertz CT molecular complexity index is 570. The fourth-order valence-electron chi connectivity index (χ4n) is 1.70. The Morgan fingerprint density at radius 3 is 2.52 bits per heavy atom. The molecular weight excluding hydrogens is 468 g/mol. The summed E-state index contributed by atoms with van der Waals surface area (Å²) in [4.78, 5) is 4.14. The molecule has 0 bridgehead atoms. The number of aliphatic imine (C=N–C) groups is 1. The lowest BCUT2D eigenvalue weighted by atomic mass is 10.2. The van der Waals surface area contributed by atoms with E-state index < -0.39 is 0 Å². The largest absolute Gasteiger partial charge is 0.352 e. The van der Waals surface area contributed by atoms with Crippen LogP contribution in [0.4, 0.5) is 4.39 Å². The van der Waals surface area contributed by atoms with Crippen LogP contribution in [-0.2, 0) is 13.1 Å². The molecule has 0 atom stereocenters. The van der Waals surface area contributed by atoms with Crippen LogP contribution in [-0.4, -0.2) is 13.0 Å². The molecule has 0 spiro atoms. The van der Waals surface area contributed by atoms with E-state index in [4.69, 9.17) is 0 Å². The molecule has 3 nitrogen and oxygen atoms in total. The van der Waals surface area contributed by atoms with Gasteiger partial charge in [-0.3, -0.25) is 4.99 Å². The molecule has 1 aromatic heterocycles. The molecule has 0 saturated carbocycles. The second kappa shape index (κ2) is 9.37. The maximum absolute atomic E-state index is 13.3. The van der Waals surface area contributed by atoms with Gasteiger partial charge in [-0.05, 0) is 46.2 Å². The number of rotatable bonds is 4. The molecule has 0 aliphatic heterocycles. The van der Waals surface area contributed by atoms with E-state index in [2.05, 4.69) is 43.0 Å². The SMILES string of the molecule is CN=C(NCc1ccsc1)NCc1cc(F)cc(Br)c1.I. The lowest BCUT2D eigenvalue weighted by Crippen LogP contribution is -2.36. The van der Waals surface area contributed by atoms with Gasteiger partial charge in [-0.25, -0.2) is 4.39 Å². The maximum atomic E-state index is 13.3. The predicted octanol–water partition coefficient (Wildman–Crippen LogP) is 4.13. The molecule has 21 heavy (non-hydrogen) atoms. The zero-order chi connectivity index (χ0) is 14.4. The number of halogens is 3. The molecule has 114 valence electrons. The maximum Gasteiger partial charge on any atom is 0.191 e. The van der Waals surface area contributed by atoms with Crippen LogP contribution in [0.1, 0.15) is 11.1 Å². The predicted molar refractivity (Wildman–Crippen MR) is 101 cm³/mol. The Kier molecular flexibility index (Phi) is 8.20. The van der Waals surface area contributed by atoms with Crippen molar-refractivity contribution in [3.8, 4) is 0 Å². The minimum absolute atomic E-state index is 0. The first-order chi connectivity index (χ1) is 9.67. The zero-order valence-corrected chi connectivity index (χ0v) is 16.1. The Balaban J connectivity index is 0.00000220. The van der Waals surface area contributed by atoms with Crippen LogP contribution < -0.4 is 10.6 Å². The van der Waals surface area contributed by atoms with Crippen LogP contribution in [0.5, 0.6) is 0 Å². The number of guanidine groups is 1. The van der Waals surface area contributed by atoms with Gasteiger partial charge in [0.15, 0.2) is 5.96 Å². The highest BCUT2D eigenvalue weighted by molar-refractivity contribution is 14.0. The molecule has 2 N–H and O–H groups in total. The molecule has 2 rings (SSSR count). The Labute approximate surface area is 153 Å². The van der Waals surface area contributed by atoms with Crippen molar-refractivity contribution in [3.05, 3.63) is 56.4 Å². The van der Waals surface area contributed by atoms with Gasteiger partial charge in [0, 0.05) is 24.6 Å². The molecular formula is C14H16BrFIN3S. The molecule has 0 aliphatic rings. The number of benzene rings is 1. The summed E-state index contributed by atoms with van der Waals surface area (Å²) in [5.74, 6) is 0.439. The highest BCUT2D eigenvalue weighted by atomic mass is 127. The summed E-state index contributed by atoms with van der Waals surface area (Å²) in [7, 11) is 1.71. The first-order valence-electron chi connectivity index (χ1n) is 6.08. The molecule has 0 radical (unpaired) electrons. The number of nitrogens with zero attached hydrogens (tertiary/aromatic N) is 1. The van der Waals surface area contributed by atoms with Gasteiger partial charge in [-0.15, -0.1) is 24.0 Å². The monoisotopic (exact) mass is 483 g/mol. The van der Waals surface area contributed by atoms with Crippen molar-refractivity contribution in [2.75, 3.05) is 7.05 Å². The van der Waals surface area contributed by atoms with Crippen molar-refractivity contribution in [1.29, 1.82) is 0 Å². The number of nitrogens with one attached hydrogen (secondary N) is 2. The highest BCUT2D eigenvalue weighted by Crippen LogP contribution is 2.14. The molecule has 7 heteroatoms. The molecule has 2 aromatic rings. The average Bonchev–Trinajstić information content (AvgIpc) is 2.91. The van der Waals surface area contributed by atoms with Gasteiger partial charge in [-0.1, -0.05) is 15.9 Å². The summed E-state index contributed by atoms with van der Waals surface area (Å²) in [6.45, 7) is 1.23. The summed E-state index contributed by atoms with van der Waals surface area (Å²) in [5, 5.41) is 10.5. The van der Waals surface area contributed by atoms with E-state index in [0.717, 1.165) is 16.6 Å². The second-order valence-corrected chi connectivity index (χ2v) is 5.88. The normalized spacial score (nSPS) is 10.9. The van der Waals surface area contributed by atoms with E-state index in [1.165, 1.54) is 17.7 Å². The van der Waals surface area contributed by atoms with Crippen LogP contribution in [0.3, 0.4) is 0 Å². The van der Waals surface area contributed by atoms with Crippen molar-refractivity contribution >= 4 is 57.2 Å². The van der Waals surface area contributed by atoms with E-state index in [0.29, 0.717) is 12.5 Å². The molecule has 1 heterocycles. The first kappa shape index (κ1) is 18.4. The van der Waals surface area contributed by atoms with Crippen molar-refractivity contribution in [1.82, 2.24) is 10.6 Å². The number of hydrogen-bond donors (Lipinski definition) is 2. The highest BCUT2D eigenvalue weighted by Gasteiger charge is 2.02. The summed E-state index contributed by atoms with van der Waals surface area (Å²) in [5.41, 5.74) is 2.07. The van der Waals surface area contributed by atoms with E-state index >= 15 is 0 Å². The van der Waals surface area contributed by atoms with Crippen LogP contribution in [0.25, 0.3) is 0 Å². The van der Waals surface area contributed by atoms with E-state index in [1.807, 2.05) is 11.4 Å². The van der Waals surface area contributed by atoms with Gasteiger partial charge in [0.05, 0.1) is 0 Å².